The fourth-order valence-corrected chi connectivity index (χ4v) is 3.94. The average molecular weight is 435 g/mol. The second kappa shape index (κ2) is 8.21. The Labute approximate surface area is 183 Å². The van der Waals surface area contributed by atoms with Crippen LogP contribution in [0.3, 0.4) is 0 Å². The van der Waals surface area contributed by atoms with Crippen molar-refractivity contribution in [3.63, 3.8) is 0 Å². The van der Waals surface area contributed by atoms with Gasteiger partial charge in [-0.05, 0) is 61.4 Å². The van der Waals surface area contributed by atoms with E-state index in [1.807, 2.05) is 48.5 Å². The Hall–Kier alpha value is -3.09. The van der Waals surface area contributed by atoms with E-state index in [0.717, 1.165) is 21.7 Å². The topological polar surface area (TPSA) is 55.1 Å². The molecule has 0 fully saturated rings. The maximum Gasteiger partial charge on any atom is 0.147 e. The molecule has 4 nitrogen and oxygen atoms in total. The molecule has 0 saturated carbocycles. The molecule has 31 heavy (non-hydrogen) atoms. The summed E-state index contributed by atoms with van der Waals surface area (Å²) in [6, 6.07) is 21.8. The summed E-state index contributed by atoms with van der Waals surface area (Å²) in [5.74, 6) is 0.0454. The van der Waals surface area contributed by atoms with E-state index in [9.17, 15) is 13.7 Å². The van der Waals surface area contributed by atoms with Gasteiger partial charge in [0.25, 0.3) is 0 Å². The van der Waals surface area contributed by atoms with Crippen LogP contribution in [0.25, 0.3) is 28.2 Å². The molecule has 1 heterocycles. The lowest BCUT2D eigenvalue weighted by molar-refractivity contribution is 0.0743. The zero-order chi connectivity index (χ0) is 22.2. The third-order valence-electron chi connectivity index (χ3n) is 5.09. The van der Waals surface area contributed by atoms with Crippen molar-refractivity contribution in [3.05, 3.63) is 90.5 Å². The minimum Gasteiger partial charge on any atom is -0.384 e. The third-order valence-corrected chi connectivity index (χ3v) is 6.01. The summed E-state index contributed by atoms with van der Waals surface area (Å²) in [5, 5.41) is 10.5. The van der Waals surface area contributed by atoms with Gasteiger partial charge < -0.3 is 5.11 Å². The van der Waals surface area contributed by atoms with Crippen molar-refractivity contribution in [1.29, 1.82) is 0 Å². The third kappa shape index (κ3) is 4.36. The molecule has 0 saturated heterocycles. The molecule has 1 aromatic heterocycles. The molecular weight excluding hydrogens is 411 g/mol. The zero-order valence-corrected chi connectivity index (χ0v) is 18.4. The molecule has 0 radical (unpaired) electrons. The number of rotatable bonds is 5. The van der Waals surface area contributed by atoms with Crippen LogP contribution in [0.5, 0.6) is 0 Å². The summed E-state index contributed by atoms with van der Waals surface area (Å²) in [6.07, 6.45) is 3.39. The van der Waals surface area contributed by atoms with E-state index in [0.29, 0.717) is 17.1 Å². The highest BCUT2D eigenvalue weighted by Gasteiger charge is 2.24. The lowest BCUT2D eigenvalue weighted by Crippen LogP contribution is -2.15. The van der Waals surface area contributed by atoms with Crippen molar-refractivity contribution >= 4 is 10.8 Å². The van der Waals surface area contributed by atoms with E-state index in [1.165, 1.54) is 6.07 Å². The molecule has 0 bridgehead atoms. The molecule has 0 aliphatic heterocycles. The molecule has 0 aliphatic rings. The van der Waals surface area contributed by atoms with Crippen LogP contribution in [0.1, 0.15) is 19.5 Å². The van der Waals surface area contributed by atoms with E-state index in [1.54, 1.807) is 49.1 Å². The van der Waals surface area contributed by atoms with Gasteiger partial charge >= 0.3 is 0 Å². The van der Waals surface area contributed by atoms with Gasteiger partial charge in [-0.1, -0.05) is 36.4 Å². The van der Waals surface area contributed by atoms with Crippen LogP contribution >= 0.6 is 0 Å². The van der Waals surface area contributed by atoms with Gasteiger partial charge in [0, 0.05) is 33.8 Å². The normalized spacial score (nSPS) is 12.7. The van der Waals surface area contributed by atoms with Crippen molar-refractivity contribution < 1.29 is 13.7 Å². The Balaban J connectivity index is 1.79. The number of aromatic nitrogens is 2. The van der Waals surface area contributed by atoms with Crippen LogP contribution in [-0.2, 0) is 16.4 Å². The summed E-state index contributed by atoms with van der Waals surface area (Å²) in [4.78, 5) is 5.31. The first-order valence-electron chi connectivity index (χ1n) is 9.85. The summed E-state index contributed by atoms with van der Waals surface area (Å²) < 4.78 is 28.1. The Kier molecular flexibility index (Phi) is 5.60. The molecule has 158 valence electrons. The predicted molar refractivity (Wildman–Crippen MR) is 122 cm³/mol. The van der Waals surface area contributed by atoms with E-state index in [4.69, 9.17) is 0 Å². The van der Waals surface area contributed by atoms with E-state index >= 15 is 0 Å². The molecule has 0 aliphatic carbocycles. The van der Waals surface area contributed by atoms with Gasteiger partial charge in [0.1, 0.15) is 17.2 Å². The second-order valence-electron chi connectivity index (χ2n) is 7.89. The molecular formula is C25H23FN2O2S. The minimum absolute atomic E-state index is 0.361. The summed E-state index contributed by atoms with van der Waals surface area (Å²) in [7, 11) is -1.05. The standard InChI is InChI=1S/C25H23FN2O2S/c1-25(2,29)23-16-28(24(27-23)21-9-4-5-10-22(21)26)19-13-11-17(12-14-19)18-7-6-8-20(15-18)31(3)30/h4-16,29H,1-3H3/t31-/m0/s1. The molecule has 4 aromatic rings. The molecule has 0 amide bonds. The van der Waals surface area contributed by atoms with E-state index in [-0.39, 0.29) is 5.82 Å². The predicted octanol–water partition coefficient (Wildman–Crippen LogP) is 5.31. The van der Waals surface area contributed by atoms with Crippen LogP contribution < -0.4 is 0 Å². The van der Waals surface area contributed by atoms with Gasteiger partial charge in [-0.2, -0.15) is 0 Å². The lowest BCUT2D eigenvalue weighted by Gasteiger charge is -2.13. The SMILES string of the molecule is C[S@](=O)c1cccc(-c2ccc(-n3cc(C(C)(C)O)nc3-c3ccccc3F)cc2)c1. The van der Waals surface area contributed by atoms with Crippen molar-refractivity contribution in [2.24, 2.45) is 0 Å². The van der Waals surface area contributed by atoms with Crippen molar-refractivity contribution in [1.82, 2.24) is 9.55 Å². The Morgan fingerprint density at radius 2 is 1.68 bits per heavy atom. The number of hydrogen-bond acceptors (Lipinski definition) is 3. The fourth-order valence-electron chi connectivity index (χ4n) is 3.37. The first kappa shape index (κ1) is 21.2. The van der Waals surface area contributed by atoms with Gasteiger partial charge in [-0.15, -0.1) is 0 Å². The first-order valence-corrected chi connectivity index (χ1v) is 11.4. The number of nitrogens with zero attached hydrogens (tertiary/aromatic N) is 2. The molecule has 1 atom stereocenters. The summed E-state index contributed by atoms with van der Waals surface area (Å²) >= 11 is 0. The minimum atomic E-state index is -1.17. The van der Waals surface area contributed by atoms with Gasteiger partial charge in [0.05, 0.1) is 11.3 Å². The van der Waals surface area contributed by atoms with Gasteiger partial charge in [0.15, 0.2) is 0 Å². The number of aliphatic hydroxyl groups is 1. The van der Waals surface area contributed by atoms with Crippen molar-refractivity contribution in [2.45, 2.75) is 24.3 Å². The average Bonchev–Trinajstić information content (AvgIpc) is 3.20. The maximum absolute atomic E-state index is 14.5. The Bertz CT molecular complexity index is 1260. The smallest absolute Gasteiger partial charge is 0.147 e. The van der Waals surface area contributed by atoms with Crippen LogP contribution in [0.4, 0.5) is 4.39 Å². The van der Waals surface area contributed by atoms with Gasteiger partial charge in [-0.25, -0.2) is 9.37 Å². The number of benzene rings is 3. The Morgan fingerprint density at radius 1 is 0.968 bits per heavy atom. The monoisotopic (exact) mass is 434 g/mol. The maximum atomic E-state index is 14.5. The highest BCUT2D eigenvalue weighted by molar-refractivity contribution is 7.84. The summed E-state index contributed by atoms with van der Waals surface area (Å²) in [5.41, 5.74) is 2.39. The van der Waals surface area contributed by atoms with Crippen LogP contribution in [-0.4, -0.2) is 25.1 Å². The van der Waals surface area contributed by atoms with E-state index in [2.05, 4.69) is 4.98 Å². The van der Waals surface area contributed by atoms with Crippen LogP contribution in [0, 0.1) is 5.82 Å². The van der Waals surface area contributed by atoms with Crippen LogP contribution in [0.15, 0.2) is 83.9 Å². The van der Waals surface area contributed by atoms with Gasteiger partial charge in [-0.3, -0.25) is 8.78 Å². The number of hydrogen-bond donors (Lipinski definition) is 1. The molecule has 1 N–H and O–H groups in total. The fraction of sp³-hybridized carbons (Fsp3) is 0.160. The van der Waals surface area contributed by atoms with Crippen molar-refractivity contribution in [2.75, 3.05) is 6.26 Å². The van der Waals surface area contributed by atoms with Crippen LogP contribution in [0.2, 0.25) is 0 Å². The lowest BCUT2D eigenvalue weighted by atomic mass is 10.1. The molecule has 0 unspecified atom stereocenters. The van der Waals surface area contributed by atoms with E-state index < -0.39 is 16.4 Å². The molecule has 3 aromatic carbocycles. The summed E-state index contributed by atoms with van der Waals surface area (Å²) in [6.45, 7) is 3.30. The largest absolute Gasteiger partial charge is 0.384 e. The zero-order valence-electron chi connectivity index (χ0n) is 17.5. The molecule has 4 rings (SSSR count). The quantitative estimate of drug-likeness (QED) is 0.463. The Morgan fingerprint density at radius 3 is 2.32 bits per heavy atom. The highest BCUT2D eigenvalue weighted by Crippen LogP contribution is 2.30. The molecule has 6 heteroatoms. The first-order chi connectivity index (χ1) is 14.7. The highest BCUT2D eigenvalue weighted by atomic mass is 32.2. The number of imidazole rings is 1. The van der Waals surface area contributed by atoms with Gasteiger partial charge in [0.2, 0.25) is 0 Å². The number of halogens is 1. The second-order valence-corrected chi connectivity index (χ2v) is 9.27. The molecule has 0 spiro atoms. The van der Waals surface area contributed by atoms with Crippen molar-refractivity contribution in [3.8, 4) is 28.2 Å².